The van der Waals surface area contributed by atoms with Gasteiger partial charge in [-0.05, 0) is 55.5 Å². The molecule has 1 amide bonds. The van der Waals surface area contributed by atoms with Gasteiger partial charge in [-0.1, -0.05) is 54.4 Å². The van der Waals surface area contributed by atoms with Crippen LogP contribution < -0.4 is 5.32 Å². The summed E-state index contributed by atoms with van der Waals surface area (Å²) < 4.78 is 0. The molecule has 0 unspecified atom stereocenters. The zero-order valence-corrected chi connectivity index (χ0v) is 14.8. The largest absolute Gasteiger partial charge is 0.349 e. The average Bonchev–Trinajstić information content (AvgIpc) is 2.52. The van der Waals surface area contributed by atoms with E-state index in [-0.39, 0.29) is 11.9 Å². The molecule has 0 fully saturated rings. The van der Waals surface area contributed by atoms with Crippen molar-refractivity contribution in [2.45, 2.75) is 46.1 Å². The molecular formula is C20H24ClNO. The van der Waals surface area contributed by atoms with Crippen molar-refractivity contribution in [1.29, 1.82) is 0 Å². The molecule has 0 bridgehead atoms. The maximum absolute atomic E-state index is 12.3. The monoisotopic (exact) mass is 329 g/mol. The lowest BCUT2D eigenvalue weighted by atomic mass is 9.97. The van der Waals surface area contributed by atoms with Crippen LogP contribution in [0.3, 0.4) is 0 Å². The zero-order chi connectivity index (χ0) is 16.8. The van der Waals surface area contributed by atoms with Crippen LogP contribution in [0.5, 0.6) is 0 Å². The molecule has 0 saturated carbocycles. The summed E-state index contributed by atoms with van der Waals surface area (Å²) in [6.45, 7) is 6.29. The zero-order valence-electron chi connectivity index (χ0n) is 14.0. The third-order valence-electron chi connectivity index (χ3n) is 4.10. The van der Waals surface area contributed by atoms with E-state index in [2.05, 4.69) is 44.3 Å². The van der Waals surface area contributed by atoms with Gasteiger partial charge in [-0.2, -0.15) is 0 Å². The van der Waals surface area contributed by atoms with Gasteiger partial charge < -0.3 is 5.32 Å². The molecule has 1 N–H and O–H groups in total. The highest BCUT2D eigenvalue weighted by Crippen LogP contribution is 2.22. The maximum atomic E-state index is 12.3. The molecular weight excluding hydrogens is 306 g/mol. The predicted molar refractivity (Wildman–Crippen MR) is 96.9 cm³/mol. The average molecular weight is 330 g/mol. The van der Waals surface area contributed by atoms with Crippen LogP contribution in [-0.2, 0) is 11.2 Å². The van der Waals surface area contributed by atoms with Gasteiger partial charge in [0.15, 0.2) is 0 Å². The molecule has 0 aliphatic rings. The molecule has 0 saturated heterocycles. The van der Waals surface area contributed by atoms with Gasteiger partial charge in [0.2, 0.25) is 5.91 Å². The van der Waals surface area contributed by atoms with Gasteiger partial charge in [0, 0.05) is 11.4 Å². The Morgan fingerprint density at radius 1 is 1.13 bits per heavy atom. The molecule has 0 aliphatic carbocycles. The van der Waals surface area contributed by atoms with Crippen molar-refractivity contribution in [3.8, 4) is 0 Å². The minimum absolute atomic E-state index is 0.0771. The summed E-state index contributed by atoms with van der Waals surface area (Å²) in [6, 6.07) is 14.1. The van der Waals surface area contributed by atoms with Crippen molar-refractivity contribution in [3.63, 3.8) is 0 Å². The standard InChI is InChI=1S/C20H24ClNO/c1-4-19(18-11-5-14(2)13-15(18)3)22-20(23)12-8-16-6-9-17(21)10-7-16/h5-7,9-11,13,19H,4,8,12H2,1-3H3,(H,22,23)/t19-/m0/s1. The Bertz CT molecular complexity index is 664. The van der Waals surface area contributed by atoms with E-state index in [0.717, 1.165) is 23.4 Å². The van der Waals surface area contributed by atoms with E-state index in [1.807, 2.05) is 24.3 Å². The van der Waals surface area contributed by atoms with Crippen LogP contribution in [0.1, 0.15) is 48.1 Å². The first-order chi connectivity index (χ1) is 11.0. The molecule has 3 heteroatoms. The SMILES string of the molecule is CC[C@H](NC(=O)CCc1ccc(Cl)cc1)c1ccc(C)cc1C. The van der Waals surface area contributed by atoms with Gasteiger partial charge in [0.25, 0.3) is 0 Å². The van der Waals surface area contributed by atoms with E-state index < -0.39 is 0 Å². The smallest absolute Gasteiger partial charge is 0.220 e. The first-order valence-electron chi connectivity index (χ1n) is 8.10. The van der Waals surface area contributed by atoms with Crippen LogP contribution >= 0.6 is 11.6 Å². The number of halogens is 1. The van der Waals surface area contributed by atoms with Gasteiger partial charge in [-0.25, -0.2) is 0 Å². The molecule has 2 rings (SSSR count). The molecule has 0 radical (unpaired) electrons. The summed E-state index contributed by atoms with van der Waals surface area (Å²) in [5.74, 6) is 0.0896. The van der Waals surface area contributed by atoms with Crippen molar-refractivity contribution >= 4 is 17.5 Å². The molecule has 1 atom stereocenters. The number of carbonyl (C=O) groups excluding carboxylic acids is 1. The van der Waals surface area contributed by atoms with Crippen molar-refractivity contribution < 1.29 is 4.79 Å². The molecule has 0 aromatic heterocycles. The fourth-order valence-electron chi connectivity index (χ4n) is 2.79. The number of carbonyl (C=O) groups is 1. The molecule has 122 valence electrons. The third kappa shape index (κ3) is 5.11. The Morgan fingerprint density at radius 3 is 2.43 bits per heavy atom. The van der Waals surface area contributed by atoms with E-state index in [9.17, 15) is 4.79 Å². The van der Waals surface area contributed by atoms with E-state index >= 15 is 0 Å². The third-order valence-corrected chi connectivity index (χ3v) is 4.35. The summed E-state index contributed by atoms with van der Waals surface area (Å²) in [5.41, 5.74) is 4.81. The first-order valence-corrected chi connectivity index (χ1v) is 8.48. The molecule has 2 aromatic rings. The van der Waals surface area contributed by atoms with Gasteiger partial charge >= 0.3 is 0 Å². The second-order valence-electron chi connectivity index (χ2n) is 6.01. The number of nitrogens with one attached hydrogen (secondary N) is 1. The van der Waals surface area contributed by atoms with Crippen LogP contribution in [0.15, 0.2) is 42.5 Å². The van der Waals surface area contributed by atoms with Crippen LogP contribution in [0.4, 0.5) is 0 Å². The Kier molecular flexibility index (Phi) is 6.23. The summed E-state index contributed by atoms with van der Waals surface area (Å²) in [5, 5.41) is 3.88. The Balaban J connectivity index is 1.95. The summed E-state index contributed by atoms with van der Waals surface area (Å²) >= 11 is 5.88. The number of aryl methyl sites for hydroxylation is 3. The van der Waals surface area contributed by atoms with Gasteiger partial charge in [0.05, 0.1) is 6.04 Å². The Morgan fingerprint density at radius 2 is 1.83 bits per heavy atom. The van der Waals surface area contributed by atoms with E-state index in [4.69, 9.17) is 11.6 Å². The molecule has 23 heavy (non-hydrogen) atoms. The normalized spacial score (nSPS) is 12.0. The van der Waals surface area contributed by atoms with Crippen LogP contribution in [0, 0.1) is 13.8 Å². The van der Waals surface area contributed by atoms with E-state index in [0.29, 0.717) is 6.42 Å². The molecule has 2 nitrogen and oxygen atoms in total. The molecule has 0 spiro atoms. The predicted octanol–water partition coefficient (Wildman–Crippen LogP) is 5.16. The molecule has 0 aliphatic heterocycles. The maximum Gasteiger partial charge on any atom is 0.220 e. The highest BCUT2D eigenvalue weighted by atomic mass is 35.5. The summed E-state index contributed by atoms with van der Waals surface area (Å²) in [4.78, 5) is 12.3. The number of benzene rings is 2. The number of amides is 1. The second-order valence-corrected chi connectivity index (χ2v) is 6.45. The van der Waals surface area contributed by atoms with Crippen LogP contribution in [0.2, 0.25) is 5.02 Å². The molecule has 0 heterocycles. The van der Waals surface area contributed by atoms with Crippen molar-refractivity contribution in [2.24, 2.45) is 0 Å². The summed E-state index contributed by atoms with van der Waals surface area (Å²) in [7, 11) is 0. The second kappa shape index (κ2) is 8.16. The minimum atomic E-state index is 0.0771. The lowest BCUT2D eigenvalue weighted by molar-refractivity contribution is -0.121. The Hall–Kier alpha value is -1.80. The van der Waals surface area contributed by atoms with Crippen molar-refractivity contribution in [2.75, 3.05) is 0 Å². The number of hydrogen-bond acceptors (Lipinski definition) is 1. The van der Waals surface area contributed by atoms with Crippen LogP contribution in [0.25, 0.3) is 0 Å². The highest BCUT2D eigenvalue weighted by Gasteiger charge is 2.14. The van der Waals surface area contributed by atoms with Crippen molar-refractivity contribution in [1.82, 2.24) is 5.32 Å². The number of rotatable bonds is 6. The van der Waals surface area contributed by atoms with Gasteiger partial charge in [-0.15, -0.1) is 0 Å². The topological polar surface area (TPSA) is 29.1 Å². The van der Waals surface area contributed by atoms with Gasteiger partial charge in [0.1, 0.15) is 0 Å². The minimum Gasteiger partial charge on any atom is -0.349 e. The van der Waals surface area contributed by atoms with Gasteiger partial charge in [-0.3, -0.25) is 4.79 Å². The van der Waals surface area contributed by atoms with E-state index in [1.54, 1.807) is 0 Å². The highest BCUT2D eigenvalue weighted by molar-refractivity contribution is 6.30. The quantitative estimate of drug-likeness (QED) is 0.779. The van der Waals surface area contributed by atoms with E-state index in [1.165, 1.54) is 16.7 Å². The molecule has 2 aromatic carbocycles. The lowest BCUT2D eigenvalue weighted by Crippen LogP contribution is -2.28. The summed E-state index contributed by atoms with van der Waals surface area (Å²) in [6.07, 6.45) is 2.10. The number of hydrogen-bond donors (Lipinski definition) is 1. The Labute approximate surface area is 143 Å². The lowest BCUT2D eigenvalue weighted by Gasteiger charge is -2.20. The first kappa shape index (κ1) is 17.6. The van der Waals surface area contributed by atoms with Crippen molar-refractivity contribution in [3.05, 3.63) is 69.7 Å². The fraction of sp³-hybridized carbons (Fsp3) is 0.350. The van der Waals surface area contributed by atoms with Crippen LogP contribution in [-0.4, -0.2) is 5.91 Å². The fourth-order valence-corrected chi connectivity index (χ4v) is 2.92.